The molecule has 0 aromatic carbocycles. The maximum Gasteiger partial charge on any atom is 0.326 e. The van der Waals surface area contributed by atoms with Crippen molar-refractivity contribution in [2.45, 2.75) is 51.5 Å². The van der Waals surface area contributed by atoms with Gasteiger partial charge in [-0.25, -0.2) is 9.78 Å². The van der Waals surface area contributed by atoms with E-state index < -0.39 is 12.0 Å². The molecule has 4 rings (SSSR count). The van der Waals surface area contributed by atoms with E-state index >= 15 is 0 Å². The lowest BCUT2D eigenvalue weighted by molar-refractivity contribution is -0.138. The Morgan fingerprint density at radius 1 is 1.21 bits per heavy atom. The van der Waals surface area contributed by atoms with Gasteiger partial charge in [-0.2, -0.15) is 5.10 Å². The zero-order chi connectivity index (χ0) is 26.7. The van der Waals surface area contributed by atoms with E-state index in [-0.39, 0.29) is 0 Å². The Bertz CT molecular complexity index is 1170. The number of nitrogens with one attached hydrogen (secondary N) is 2. The molecule has 10 heteroatoms. The zero-order valence-corrected chi connectivity index (χ0v) is 22.4. The summed E-state index contributed by atoms with van der Waals surface area (Å²) in [7, 11) is 1.79. The fraction of sp³-hybridized carbons (Fsp3) is 0.500. The summed E-state index contributed by atoms with van der Waals surface area (Å²) in [5.74, 6) is 1.59. The number of hydrogen-bond acceptors (Lipinski definition) is 8. The molecule has 3 aromatic heterocycles. The van der Waals surface area contributed by atoms with Crippen molar-refractivity contribution in [3.8, 4) is 5.75 Å². The molecule has 1 atom stereocenters. The Balaban J connectivity index is 1.29. The smallest absolute Gasteiger partial charge is 0.326 e. The Morgan fingerprint density at radius 3 is 2.87 bits per heavy atom. The SMILES string of the molecule is Cc1ccc(OCCN(CCCCc2ccc3c(n2)NCCC3)CCC(Nc2ccnn2C)C(=O)O)cn1. The van der Waals surface area contributed by atoms with Crippen LogP contribution in [0.2, 0.25) is 0 Å². The van der Waals surface area contributed by atoms with Crippen LogP contribution in [0.1, 0.15) is 42.6 Å². The largest absolute Gasteiger partial charge is 0.491 e. The van der Waals surface area contributed by atoms with Crippen LogP contribution in [0.4, 0.5) is 11.6 Å². The van der Waals surface area contributed by atoms with Crippen molar-refractivity contribution in [2.24, 2.45) is 7.05 Å². The molecule has 3 aromatic rings. The number of anilines is 2. The monoisotopic (exact) mass is 521 g/mol. The van der Waals surface area contributed by atoms with Crippen molar-refractivity contribution < 1.29 is 14.6 Å². The molecule has 0 saturated heterocycles. The fourth-order valence-electron chi connectivity index (χ4n) is 4.58. The van der Waals surface area contributed by atoms with Gasteiger partial charge in [0.2, 0.25) is 0 Å². The number of hydrogen-bond donors (Lipinski definition) is 3. The maximum atomic E-state index is 11.9. The van der Waals surface area contributed by atoms with Crippen LogP contribution in [0.25, 0.3) is 0 Å². The van der Waals surface area contributed by atoms with Gasteiger partial charge in [-0.1, -0.05) is 6.07 Å². The lowest BCUT2D eigenvalue weighted by Crippen LogP contribution is -2.37. The van der Waals surface area contributed by atoms with Gasteiger partial charge >= 0.3 is 5.97 Å². The molecule has 0 aliphatic carbocycles. The number of aromatic nitrogens is 4. The molecule has 204 valence electrons. The van der Waals surface area contributed by atoms with Gasteiger partial charge in [-0.3, -0.25) is 14.6 Å². The van der Waals surface area contributed by atoms with Gasteiger partial charge in [-0.15, -0.1) is 0 Å². The van der Waals surface area contributed by atoms with E-state index in [9.17, 15) is 9.90 Å². The second kappa shape index (κ2) is 13.8. The Morgan fingerprint density at radius 2 is 2.11 bits per heavy atom. The highest BCUT2D eigenvalue weighted by Gasteiger charge is 2.20. The number of pyridine rings is 2. The first kappa shape index (κ1) is 27.4. The standard InChI is InChI=1S/C28H39N7O3/c1-21-8-11-24(20-30-21)38-19-18-35(17-13-25(28(36)37)33-26-12-15-31-34(26)2)16-4-3-7-23-10-9-22-6-5-14-29-27(22)32-23/h8-12,15,20,25,33H,3-7,13-14,16-19H2,1-2H3,(H,29,32)(H,36,37). The predicted molar refractivity (Wildman–Crippen MR) is 148 cm³/mol. The second-order valence-electron chi connectivity index (χ2n) is 9.79. The van der Waals surface area contributed by atoms with Gasteiger partial charge in [0.15, 0.2) is 0 Å². The summed E-state index contributed by atoms with van der Waals surface area (Å²) in [5.41, 5.74) is 3.37. The van der Waals surface area contributed by atoms with Crippen LogP contribution in [0.15, 0.2) is 42.7 Å². The number of carboxylic acid groups (broad SMARTS) is 1. The average molecular weight is 522 g/mol. The summed E-state index contributed by atoms with van der Waals surface area (Å²) >= 11 is 0. The molecule has 3 N–H and O–H groups in total. The molecule has 1 aliphatic rings. The zero-order valence-electron chi connectivity index (χ0n) is 22.4. The molecule has 0 radical (unpaired) electrons. The van der Waals surface area contributed by atoms with Gasteiger partial charge < -0.3 is 20.5 Å². The van der Waals surface area contributed by atoms with E-state index in [4.69, 9.17) is 9.72 Å². The molecule has 0 saturated carbocycles. The minimum Gasteiger partial charge on any atom is -0.491 e. The third-order valence-corrected chi connectivity index (χ3v) is 6.84. The van der Waals surface area contributed by atoms with Crippen LogP contribution < -0.4 is 15.4 Å². The minimum atomic E-state index is -0.875. The highest BCUT2D eigenvalue weighted by atomic mass is 16.5. The number of ether oxygens (including phenoxy) is 1. The van der Waals surface area contributed by atoms with E-state index in [1.54, 1.807) is 30.2 Å². The average Bonchev–Trinajstić information content (AvgIpc) is 3.33. The van der Waals surface area contributed by atoms with Gasteiger partial charge in [0, 0.05) is 44.1 Å². The van der Waals surface area contributed by atoms with Crippen molar-refractivity contribution in [3.63, 3.8) is 0 Å². The van der Waals surface area contributed by atoms with E-state index in [1.165, 1.54) is 5.56 Å². The lowest BCUT2D eigenvalue weighted by Gasteiger charge is -2.25. The number of rotatable bonds is 15. The predicted octanol–water partition coefficient (Wildman–Crippen LogP) is 3.54. The van der Waals surface area contributed by atoms with Crippen LogP contribution in [-0.2, 0) is 24.7 Å². The quantitative estimate of drug-likeness (QED) is 0.258. The summed E-state index contributed by atoms with van der Waals surface area (Å²) in [6, 6.07) is 9.28. The molecular weight excluding hydrogens is 482 g/mol. The van der Waals surface area contributed by atoms with E-state index in [0.29, 0.717) is 31.9 Å². The molecule has 0 bridgehead atoms. The first-order valence-electron chi connectivity index (χ1n) is 13.5. The summed E-state index contributed by atoms with van der Waals surface area (Å²) < 4.78 is 7.55. The third kappa shape index (κ3) is 8.17. The molecule has 38 heavy (non-hydrogen) atoms. The first-order chi connectivity index (χ1) is 18.5. The van der Waals surface area contributed by atoms with Gasteiger partial charge in [-0.05, 0) is 75.8 Å². The number of carboxylic acids is 1. The summed E-state index contributed by atoms with van der Waals surface area (Å²) in [4.78, 5) is 23.3. The van der Waals surface area contributed by atoms with Gasteiger partial charge in [0.1, 0.15) is 30.0 Å². The number of nitrogens with zero attached hydrogens (tertiary/aromatic N) is 5. The van der Waals surface area contributed by atoms with Crippen molar-refractivity contribution in [2.75, 3.05) is 43.4 Å². The summed E-state index contributed by atoms with van der Waals surface area (Å²) in [6.45, 7) is 5.64. The van der Waals surface area contributed by atoms with Crippen LogP contribution in [-0.4, -0.2) is 74.6 Å². The normalized spacial score (nSPS) is 13.6. The van der Waals surface area contributed by atoms with Crippen molar-refractivity contribution >= 4 is 17.6 Å². The Labute approximate surface area is 224 Å². The van der Waals surface area contributed by atoms with Crippen LogP contribution >= 0.6 is 0 Å². The number of carbonyl (C=O) groups is 1. The minimum absolute atomic E-state index is 0.463. The molecular formula is C28H39N7O3. The first-order valence-corrected chi connectivity index (χ1v) is 13.5. The number of unbranched alkanes of at least 4 members (excludes halogenated alkanes) is 1. The van der Waals surface area contributed by atoms with E-state index in [0.717, 1.165) is 68.1 Å². The topological polar surface area (TPSA) is 117 Å². The van der Waals surface area contributed by atoms with Crippen molar-refractivity contribution in [1.29, 1.82) is 0 Å². The molecule has 1 aliphatic heterocycles. The molecule has 10 nitrogen and oxygen atoms in total. The summed E-state index contributed by atoms with van der Waals surface area (Å²) in [5, 5.41) is 20.4. The summed E-state index contributed by atoms with van der Waals surface area (Å²) in [6.07, 6.45) is 9.04. The molecule has 0 fully saturated rings. The van der Waals surface area contributed by atoms with E-state index in [1.807, 2.05) is 19.1 Å². The molecule has 4 heterocycles. The second-order valence-corrected chi connectivity index (χ2v) is 9.79. The van der Waals surface area contributed by atoms with Crippen LogP contribution in [0.3, 0.4) is 0 Å². The van der Waals surface area contributed by atoms with Crippen molar-refractivity contribution in [1.82, 2.24) is 24.6 Å². The Hall–Kier alpha value is -3.66. The highest BCUT2D eigenvalue weighted by molar-refractivity contribution is 5.76. The van der Waals surface area contributed by atoms with E-state index in [2.05, 4.69) is 37.7 Å². The third-order valence-electron chi connectivity index (χ3n) is 6.84. The number of aliphatic carboxylic acids is 1. The highest BCUT2D eigenvalue weighted by Crippen LogP contribution is 2.20. The fourth-order valence-corrected chi connectivity index (χ4v) is 4.58. The molecule has 1 unspecified atom stereocenters. The van der Waals surface area contributed by atoms with Crippen LogP contribution in [0.5, 0.6) is 5.75 Å². The van der Waals surface area contributed by atoms with Gasteiger partial charge in [0.25, 0.3) is 0 Å². The van der Waals surface area contributed by atoms with Crippen molar-refractivity contribution in [3.05, 3.63) is 59.7 Å². The molecule has 0 amide bonds. The lowest BCUT2D eigenvalue weighted by atomic mass is 10.1. The molecule has 0 spiro atoms. The number of fused-ring (bicyclic) bond motifs is 1. The number of aryl methyl sites for hydroxylation is 4. The Kier molecular flexibility index (Phi) is 9.91. The maximum absolute atomic E-state index is 11.9. The van der Waals surface area contributed by atoms with Gasteiger partial charge in [0.05, 0.1) is 12.4 Å². The van der Waals surface area contributed by atoms with Crippen LogP contribution in [0, 0.1) is 6.92 Å².